The highest BCUT2D eigenvalue weighted by molar-refractivity contribution is 6.31. The van der Waals surface area contributed by atoms with Gasteiger partial charge in [-0.3, -0.25) is 9.59 Å². The normalized spacial score (nSPS) is 27.6. The molecule has 106 valence electrons. The van der Waals surface area contributed by atoms with Crippen molar-refractivity contribution < 1.29 is 23.5 Å². The SMILES string of the molecule is O=C(O)CN1CC2(CC2F)c2c(ccc(Cl)c2F)C1=O. The minimum atomic E-state index is -1.29. The number of halogens is 3. The third-order valence-electron chi connectivity index (χ3n) is 3.89. The molecule has 0 bridgehead atoms. The second kappa shape index (κ2) is 4.15. The van der Waals surface area contributed by atoms with Gasteiger partial charge in [-0.25, -0.2) is 8.78 Å². The molecule has 1 heterocycles. The van der Waals surface area contributed by atoms with Crippen molar-refractivity contribution in [2.24, 2.45) is 0 Å². The molecule has 7 heteroatoms. The second-order valence-electron chi connectivity index (χ2n) is 5.17. The van der Waals surface area contributed by atoms with Crippen molar-refractivity contribution in [3.63, 3.8) is 0 Å². The molecule has 1 fully saturated rings. The number of benzene rings is 1. The number of hydrogen-bond donors (Lipinski definition) is 1. The number of alkyl halides is 1. The number of carbonyl (C=O) groups excluding carboxylic acids is 1. The number of aliphatic carboxylic acids is 1. The highest BCUT2D eigenvalue weighted by Crippen LogP contribution is 2.55. The third kappa shape index (κ3) is 1.71. The van der Waals surface area contributed by atoms with E-state index < -0.39 is 35.8 Å². The smallest absolute Gasteiger partial charge is 0.323 e. The van der Waals surface area contributed by atoms with E-state index in [4.69, 9.17) is 16.7 Å². The van der Waals surface area contributed by atoms with Gasteiger partial charge in [0, 0.05) is 17.7 Å². The van der Waals surface area contributed by atoms with Gasteiger partial charge in [0.2, 0.25) is 0 Å². The second-order valence-corrected chi connectivity index (χ2v) is 5.57. The molecule has 0 saturated heterocycles. The molecule has 2 aliphatic rings. The molecule has 2 atom stereocenters. The molecule has 2 unspecified atom stereocenters. The number of nitrogens with zero attached hydrogens (tertiary/aromatic N) is 1. The van der Waals surface area contributed by atoms with E-state index in [-0.39, 0.29) is 29.1 Å². The lowest BCUT2D eigenvalue weighted by Crippen LogP contribution is -2.47. The van der Waals surface area contributed by atoms with Gasteiger partial charge in [-0.1, -0.05) is 11.6 Å². The Hall–Kier alpha value is -1.69. The van der Waals surface area contributed by atoms with Gasteiger partial charge in [0.1, 0.15) is 18.5 Å². The Bertz CT molecular complexity index is 636. The number of fused-ring (bicyclic) bond motifs is 2. The van der Waals surface area contributed by atoms with Crippen LogP contribution in [0.2, 0.25) is 5.02 Å². The standard InChI is InChI=1S/C13H10ClF2NO3/c14-7-2-1-6-10(11(7)16)13(3-8(13)15)5-17(12(6)20)4-9(18)19/h1-2,8H,3-5H2,(H,18,19). The Morgan fingerprint density at radius 2 is 2.20 bits per heavy atom. The number of carboxylic acids is 1. The van der Waals surface area contributed by atoms with Crippen LogP contribution in [-0.2, 0) is 10.2 Å². The summed E-state index contributed by atoms with van der Waals surface area (Å²) in [6, 6.07) is 2.55. The zero-order valence-corrected chi connectivity index (χ0v) is 11.0. The van der Waals surface area contributed by atoms with Crippen molar-refractivity contribution in [2.45, 2.75) is 18.0 Å². The zero-order valence-electron chi connectivity index (χ0n) is 10.2. The van der Waals surface area contributed by atoms with Gasteiger partial charge < -0.3 is 10.0 Å². The quantitative estimate of drug-likeness (QED) is 0.909. The lowest BCUT2D eigenvalue weighted by Gasteiger charge is -2.34. The molecule has 1 aromatic rings. The summed E-state index contributed by atoms with van der Waals surface area (Å²) in [7, 11) is 0. The Morgan fingerprint density at radius 3 is 2.75 bits per heavy atom. The maximum absolute atomic E-state index is 14.2. The monoisotopic (exact) mass is 301 g/mol. The maximum atomic E-state index is 14.2. The lowest BCUT2D eigenvalue weighted by atomic mass is 9.85. The number of amides is 1. The summed E-state index contributed by atoms with van der Waals surface area (Å²) in [5.41, 5.74) is -1.16. The van der Waals surface area contributed by atoms with E-state index in [1.54, 1.807) is 0 Å². The van der Waals surface area contributed by atoms with Crippen molar-refractivity contribution >= 4 is 23.5 Å². The Balaban J connectivity index is 2.13. The predicted molar refractivity (Wildman–Crippen MR) is 66.1 cm³/mol. The van der Waals surface area contributed by atoms with Gasteiger partial charge in [-0.15, -0.1) is 0 Å². The van der Waals surface area contributed by atoms with Crippen LogP contribution in [-0.4, -0.2) is 41.1 Å². The number of rotatable bonds is 2. The van der Waals surface area contributed by atoms with Crippen molar-refractivity contribution in [1.29, 1.82) is 0 Å². The Labute approximate surface area is 117 Å². The highest BCUT2D eigenvalue weighted by atomic mass is 35.5. The van der Waals surface area contributed by atoms with Crippen molar-refractivity contribution in [3.05, 3.63) is 34.1 Å². The Kier molecular flexibility index (Phi) is 2.76. The van der Waals surface area contributed by atoms with Crippen LogP contribution in [0.5, 0.6) is 0 Å². The lowest BCUT2D eigenvalue weighted by molar-refractivity contribution is -0.137. The first kappa shape index (κ1) is 13.3. The van der Waals surface area contributed by atoms with Crippen LogP contribution in [0.1, 0.15) is 22.3 Å². The van der Waals surface area contributed by atoms with Crippen LogP contribution >= 0.6 is 11.6 Å². The summed E-state index contributed by atoms with van der Waals surface area (Å²) in [5, 5.41) is 8.64. The topological polar surface area (TPSA) is 57.6 Å². The average Bonchev–Trinajstić information content (AvgIpc) is 2.99. The molecule has 1 N–H and O–H groups in total. The molecule has 1 amide bonds. The molecule has 0 aromatic heterocycles. The molecule has 0 radical (unpaired) electrons. The minimum Gasteiger partial charge on any atom is -0.480 e. The molecule has 1 aromatic carbocycles. The van der Waals surface area contributed by atoms with Crippen LogP contribution in [0.4, 0.5) is 8.78 Å². The number of carbonyl (C=O) groups is 2. The summed E-state index contributed by atoms with van der Waals surface area (Å²) in [6.45, 7) is -0.666. The van der Waals surface area contributed by atoms with Gasteiger partial charge in [-0.2, -0.15) is 0 Å². The van der Waals surface area contributed by atoms with Crippen LogP contribution in [0.3, 0.4) is 0 Å². The predicted octanol–water partition coefficient (Wildman–Crippen LogP) is 2.00. The molecule has 4 nitrogen and oxygen atoms in total. The molecular weight excluding hydrogens is 292 g/mol. The van der Waals surface area contributed by atoms with Crippen LogP contribution < -0.4 is 0 Å². The first-order chi connectivity index (χ1) is 9.36. The number of hydrogen-bond acceptors (Lipinski definition) is 2. The van der Waals surface area contributed by atoms with Crippen LogP contribution in [0, 0.1) is 5.82 Å². The molecule has 20 heavy (non-hydrogen) atoms. The van der Waals surface area contributed by atoms with Gasteiger partial charge in [0.15, 0.2) is 0 Å². The molecule has 1 aliphatic carbocycles. The van der Waals surface area contributed by atoms with E-state index in [2.05, 4.69) is 0 Å². The van der Waals surface area contributed by atoms with Crippen molar-refractivity contribution in [3.8, 4) is 0 Å². The summed E-state index contributed by atoms with van der Waals surface area (Å²) in [6.07, 6.45) is -1.22. The Morgan fingerprint density at radius 1 is 1.55 bits per heavy atom. The first-order valence-corrected chi connectivity index (χ1v) is 6.38. The summed E-state index contributed by atoms with van der Waals surface area (Å²) in [5.74, 6) is -2.59. The molecule has 1 aliphatic heterocycles. The van der Waals surface area contributed by atoms with E-state index in [0.717, 1.165) is 4.90 Å². The molecule has 1 spiro atoms. The largest absolute Gasteiger partial charge is 0.480 e. The summed E-state index contributed by atoms with van der Waals surface area (Å²) in [4.78, 5) is 24.0. The van der Waals surface area contributed by atoms with Gasteiger partial charge >= 0.3 is 5.97 Å². The molecular formula is C13H10ClF2NO3. The summed E-state index contributed by atoms with van der Waals surface area (Å²) < 4.78 is 28.0. The fourth-order valence-electron chi connectivity index (χ4n) is 2.85. The van der Waals surface area contributed by atoms with Crippen molar-refractivity contribution in [2.75, 3.05) is 13.1 Å². The molecule has 1 saturated carbocycles. The number of carboxylic acid groups (broad SMARTS) is 1. The van der Waals surface area contributed by atoms with Gasteiger partial charge in [-0.05, 0) is 18.6 Å². The fraction of sp³-hybridized carbons (Fsp3) is 0.385. The third-order valence-corrected chi connectivity index (χ3v) is 4.18. The van der Waals surface area contributed by atoms with E-state index in [1.165, 1.54) is 12.1 Å². The zero-order chi connectivity index (χ0) is 14.7. The van der Waals surface area contributed by atoms with Crippen LogP contribution in [0.25, 0.3) is 0 Å². The highest BCUT2D eigenvalue weighted by Gasteiger charge is 2.62. The van der Waals surface area contributed by atoms with Crippen LogP contribution in [0.15, 0.2) is 12.1 Å². The fourth-order valence-corrected chi connectivity index (χ4v) is 3.01. The summed E-state index contributed by atoms with van der Waals surface area (Å²) >= 11 is 5.70. The minimum absolute atomic E-state index is 0.000417. The van der Waals surface area contributed by atoms with E-state index >= 15 is 0 Å². The first-order valence-electron chi connectivity index (χ1n) is 6.00. The van der Waals surface area contributed by atoms with E-state index in [1.807, 2.05) is 0 Å². The van der Waals surface area contributed by atoms with Crippen molar-refractivity contribution in [1.82, 2.24) is 4.90 Å². The van der Waals surface area contributed by atoms with Gasteiger partial charge in [0.05, 0.1) is 10.4 Å². The average molecular weight is 302 g/mol. The molecule has 3 rings (SSSR count). The van der Waals surface area contributed by atoms with E-state index in [9.17, 15) is 18.4 Å². The van der Waals surface area contributed by atoms with Gasteiger partial charge in [0.25, 0.3) is 5.91 Å². The van der Waals surface area contributed by atoms with E-state index in [0.29, 0.717) is 0 Å². The maximum Gasteiger partial charge on any atom is 0.323 e.